The van der Waals surface area contributed by atoms with E-state index >= 15 is 0 Å². The highest BCUT2D eigenvalue weighted by Gasteiger charge is 2.69. The molecule has 4 aliphatic carbocycles. The second-order valence-electron chi connectivity index (χ2n) is 25.9. The minimum Gasteiger partial charge on any atom is -0.377 e. The Morgan fingerprint density at radius 2 is 1.27 bits per heavy atom. The molecular formula is C69H73BN2S. The van der Waals surface area contributed by atoms with E-state index in [4.69, 9.17) is 0 Å². The molecule has 0 radical (unpaired) electrons. The van der Waals surface area contributed by atoms with Crippen molar-refractivity contribution in [2.75, 3.05) is 9.71 Å². The zero-order valence-electron chi connectivity index (χ0n) is 45.7. The summed E-state index contributed by atoms with van der Waals surface area (Å²) in [6.07, 6.45) is 14.6. The number of rotatable bonds is 7. The SMILES string of the molecule is CCCCc1ccc(N2B3C4=C5c6ccccc6SC5(C)C5=C6C(C)(C=CC5C)c5cc(CCCC)ccc5N(c5c3c(cc3c5C(C)(C)c5ccccc5-3)-c3cc5c(cc32)C(C)(C)CCC5(C)C)C46C)cc1. The lowest BCUT2D eigenvalue weighted by Gasteiger charge is -2.66. The Morgan fingerprint density at radius 1 is 0.616 bits per heavy atom. The van der Waals surface area contributed by atoms with Gasteiger partial charge in [0.15, 0.2) is 0 Å². The molecule has 4 atom stereocenters. The van der Waals surface area contributed by atoms with E-state index in [9.17, 15) is 0 Å². The molecule has 0 aromatic heterocycles. The fourth-order valence-electron chi connectivity index (χ4n) is 16.6. The molecule has 4 aliphatic heterocycles. The Morgan fingerprint density at radius 3 is 2.00 bits per heavy atom. The Hall–Kier alpha value is -5.45. The van der Waals surface area contributed by atoms with E-state index in [-0.39, 0.29) is 39.2 Å². The molecule has 2 nitrogen and oxygen atoms in total. The van der Waals surface area contributed by atoms with Crippen molar-refractivity contribution in [3.8, 4) is 22.3 Å². The van der Waals surface area contributed by atoms with Crippen molar-refractivity contribution in [1.29, 1.82) is 0 Å². The van der Waals surface area contributed by atoms with Crippen LogP contribution in [-0.2, 0) is 34.5 Å². The third-order valence-electron chi connectivity index (χ3n) is 20.3. The predicted octanol–water partition coefficient (Wildman–Crippen LogP) is 17.6. The van der Waals surface area contributed by atoms with Gasteiger partial charge in [0.05, 0.1) is 10.3 Å². The second-order valence-corrected chi connectivity index (χ2v) is 27.4. The van der Waals surface area contributed by atoms with Gasteiger partial charge in [-0.1, -0.05) is 154 Å². The molecule has 73 heavy (non-hydrogen) atoms. The molecule has 14 rings (SSSR count). The molecule has 8 aliphatic rings. The summed E-state index contributed by atoms with van der Waals surface area (Å²) in [5.41, 5.74) is 29.6. The molecule has 0 spiro atoms. The fraction of sp³-hybridized carbons (Fsp3) is 0.391. The fourth-order valence-corrected chi connectivity index (χ4v) is 18.2. The Balaban J connectivity index is 1.22. The highest BCUT2D eigenvalue weighted by molar-refractivity contribution is 8.02. The highest BCUT2D eigenvalue weighted by atomic mass is 32.2. The van der Waals surface area contributed by atoms with Crippen LogP contribution in [0.1, 0.15) is 166 Å². The van der Waals surface area contributed by atoms with Gasteiger partial charge in [0, 0.05) is 44.0 Å². The molecule has 6 aromatic rings. The first-order valence-corrected chi connectivity index (χ1v) is 29.0. The van der Waals surface area contributed by atoms with Crippen molar-refractivity contribution in [2.24, 2.45) is 5.92 Å². The van der Waals surface area contributed by atoms with Gasteiger partial charge in [-0.15, -0.1) is 11.8 Å². The maximum absolute atomic E-state index is 3.01. The van der Waals surface area contributed by atoms with E-state index in [0.29, 0.717) is 0 Å². The van der Waals surface area contributed by atoms with Crippen molar-refractivity contribution in [3.63, 3.8) is 0 Å². The summed E-state index contributed by atoms with van der Waals surface area (Å²) < 4.78 is -0.288. The standard InChI is InChI=1S/C69H73BN2S/c1-13-15-21-42-27-30-44(31-28-42)72-55-40-52-51(64(4,5)35-36-65(52,6)7)39-47(55)49-38-48-45-23-17-19-25-50(45)66(8,9)58(48)61-60(49)70(72)63-59-46-24-18-20-26-56(46)73-69(59,12)57-41(3)33-34-67(10)53-37-43(22-16-14-2)29-32-54(53)71(61)68(63,11)62(57)67/h17-20,23-34,37-41H,13-16,21-22,35-36H2,1-12H3. The Bertz CT molecular complexity index is 3530. The average Bonchev–Trinajstić information content (AvgIpc) is 3.88. The molecule has 4 unspecified atom stereocenters. The van der Waals surface area contributed by atoms with Gasteiger partial charge < -0.3 is 9.71 Å². The number of fused-ring (bicyclic) bond motifs is 16. The molecule has 0 fully saturated rings. The second kappa shape index (κ2) is 15.1. The zero-order valence-corrected chi connectivity index (χ0v) is 46.5. The summed E-state index contributed by atoms with van der Waals surface area (Å²) in [6.45, 7) is 30.2. The molecule has 0 amide bonds. The van der Waals surface area contributed by atoms with Crippen LogP contribution in [0.2, 0.25) is 0 Å². The van der Waals surface area contributed by atoms with Gasteiger partial charge in [-0.3, -0.25) is 0 Å². The lowest BCUT2D eigenvalue weighted by atomic mass is 9.33. The van der Waals surface area contributed by atoms with E-state index in [2.05, 4.69) is 226 Å². The lowest BCUT2D eigenvalue weighted by Crippen LogP contribution is -2.71. The molecular weight excluding hydrogens is 900 g/mol. The van der Waals surface area contributed by atoms with Crippen LogP contribution in [-0.4, -0.2) is 17.1 Å². The zero-order chi connectivity index (χ0) is 50.5. The van der Waals surface area contributed by atoms with Gasteiger partial charge in [0.1, 0.15) is 0 Å². The van der Waals surface area contributed by atoms with E-state index in [0.717, 1.165) is 12.8 Å². The first-order valence-electron chi connectivity index (χ1n) is 28.2. The van der Waals surface area contributed by atoms with Crippen LogP contribution in [0.3, 0.4) is 0 Å². The van der Waals surface area contributed by atoms with Gasteiger partial charge in [-0.05, 0) is 207 Å². The lowest BCUT2D eigenvalue weighted by molar-refractivity contribution is 0.332. The third kappa shape index (κ3) is 5.75. The number of thioether (sulfide) groups is 1. The van der Waals surface area contributed by atoms with E-state index in [1.54, 1.807) is 22.2 Å². The number of aryl methyl sites for hydroxylation is 2. The summed E-state index contributed by atoms with van der Waals surface area (Å²) in [5, 5.41) is 0. The van der Waals surface area contributed by atoms with Crippen LogP contribution < -0.4 is 15.2 Å². The highest BCUT2D eigenvalue weighted by Crippen LogP contribution is 2.73. The third-order valence-corrected chi connectivity index (χ3v) is 21.7. The molecule has 368 valence electrons. The largest absolute Gasteiger partial charge is 0.377 e. The van der Waals surface area contributed by atoms with E-state index in [1.165, 1.54) is 138 Å². The first-order chi connectivity index (χ1) is 34.9. The van der Waals surface area contributed by atoms with E-state index < -0.39 is 5.54 Å². The summed E-state index contributed by atoms with van der Waals surface area (Å²) in [6, 6.07) is 44.8. The van der Waals surface area contributed by atoms with Crippen LogP contribution in [0.25, 0.3) is 27.8 Å². The van der Waals surface area contributed by atoms with Crippen LogP contribution in [0.5, 0.6) is 0 Å². The van der Waals surface area contributed by atoms with Crippen molar-refractivity contribution in [1.82, 2.24) is 0 Å². The minimum absolute atomic E-state index is 0.0404. The van der Waals surface area contributed by atoms with Crippen LogP contribution >= 0.6 is 11.8 Å². The smallest absolute Gasteiger partial charge is 0.329 e. The van der Waals surface area contributed by atoms with Gasteiger partial charge in [0.2, 0.25) is 0 Å². The molecule has 6 aromatic carbocycles. The molecule has 0 saturated carbocycles. The number of hydrogen-bond donors (Lipinski definition) is 0. The minimum atomic E-state index is -0.533. The van der Waals surface area contributed by atoms with Gasteiger partial charge >= 0.3 is 6.85 Å². The summed E-state index contributed by atoms with van der Waals surface area (Å²) in [7, 11) is 0. The van der Waals surface area contributed by atoms with Crippen LogP contribution in [0.15, 0.2) is 143 Å². The number of hydrogen-bond acceptors (Lipinski definition) is 3. The monoisotopic (exact) mass is 973 g/mol. The number of anilines is 4. The first kappa shape index (κ1) is 46.1. The number of nitrogens with zero attached hydrogens (tertiary/aromatic N) is 2. The van der Waals surface area contributed by atoms with Crippen LogP contribution in [0.4, 0.5) is 22.7 Å². The summed E-state index contributed by atoms with van der Waals surface area (Å²) >= 11 is 2.14. The molecule has 4 heteroatoms. The van der Waals surface area contributed by atoms with Gasteiger partial charge in [0.25, 0.3) is 0 Å². The van der Waals surface area contributed by atoms with Crippen molar-refractivity contribution >= 4 is 52.4 Å². The van der Waals surface area contributed by atoms with E-state index in [1.807, 2.05) is 0 Å². The molecule has 0 N–H and O–H groups in total. The van der Waals surface area contributed by atoms with Crippen molar-refractivity contribution < 1.29 is 0 Å². The molecule has 4 heterocycles. The quantitative estimate of drug-likeness (QED) is 0.116. The normalized spacial score (nSPS) is 26.1. The summed E-state index contributed by atoms with van der Waals surface area (Å²) in [4.78, 5) is 7.33. The van der Waals surface area contributed by atoms with Crippen molar-refractivity contribution in [3.05, 3.63) is 182 Å². The number of unbranched alkanes of at least 4 members (excludes halogenated alkanes) is 2. The number of benzene rings is 6. The van der Waals surface area contributed by atoms with Crippen LogP contribution in [0, 0.1) is 5.92 Å². The van der Waals surface area contributed by atoms with Gasteiger partial charge in [-0.25, -0.2) is 0 Å². The van der Waals surface area contributed by atoms with Gasteiger partial charge in [-0.2, -0.15) is 0 Å². The average molecular weight is 973 g/mol. The number of allylic oxidation sites excluding steroid dienone is 2. The maximum Gasteiger partial charge on any atom is 0.329 e. The summed E-state index contributed by atoms with van der Waals surface area (Å²) in [5.74, 6) is 0.269. The Labute approximate surface area is 441 Å². The molecule has 0 saturated heterocycles. The topological polar surface area (TPSA) is 6.48 Å². The Kier molecular flexibility index (Phi) is 9.55. The maximum atomic E-state index is 3.01. The van der Waals surface area contributed by atoms with Crippen molar-refractivity contribution in [2.45, 2.75) is 171 Å². The molecule has 0 bridgehead atoms. The predicted molar refractivity (Wildman–Crippen MR) is 313 cm³/mol.